The van der Waals surface area contributed by atoms with E-state index in [0.717, 1.165) is 57.8 Å². The van der Waals surface area contributed by atoms with E-state index < -0.39 is 6.10 Å². The fraction of sp³-hybridized carbons (Fsp3) is 0.818. The molecule has 0 amide bonds. The minimum atomic E-state index is -0.772. The summed E-state index contributed by atoms with van der Waals surface area (Å²) >= 11 is 0. The van der Waals surface area contributed by atoms with Gasteiger partial charge in [-0.15, -0.1) is 0 Å². The second-order valence-electron chi connectivity index (χ2n) is 10.5. The third-order valence-corrected chi connectivity index (χ3v) is 6.73. The van der Waals surface area contributed by atoms with Crippen LogP contribution in [0.25, 0.3) is 0 Å². The summed E-state index contributed by atoms with van der Waals surface area (Å²) in [5.74, 6) is -0.617. The lowest BCUT2D eigenvalue weighted by atomic mass is 10.1. The second-order valence-corrected chi connectivity index (χ2v) is 10.5. The molecule has 0 saturated carbocycles. The van der Waals surface area contributed by atoms with Crippen molar-refractivity contribution in [2.45, 2.75) is 161 Å². The second kappa shape index (κ2) is 29.9. The molecule has 0 saturated heterocycles. The third kappa shape index (κ3) is 27.4. The number of allylic oxidation sites excluding steroid dienone is 4. The smallest absolute Gasteiger partial charge is 0.306 e. The fourth-order valence-corrected chi connectivity index (χ4v) is 4.31. The molecule has 222 valence electrons. The minimum Gasteiger partial charge on any atom is -0.462 e. The van der Waals surface area contributed by atoms with Gasteiger partial charge < -0.3 is 14.6 Å². The van der Waals surface area contributed by atoms with Crippen LogP contribution >= 0.6 is 0 Å². The van der Waals surface area contributed by atoms with Crippen molar-refractivity contribution in [1.29, 1.82) is 0 Å². The van der Waals surface area contributed by atoms with E-state index in [1.165, 1.54) is 70.6 Å². The van der Waals surface area contributed by atoms with Crippen LogP contribution < -0.4 is 0 Å². The normalized spacial score (nSPS) is 12.4. The van der Waals surface area contributed by atoms with Crippen LogP contribution in [0.2, 0.25) is 0 Å². The molecule has 38 heavy (non-hydrogen) atoms. The standard InChI is InChI=1S/C33H60O5/c1-3-5-7-9-11-13-14-15-16-17-18-20-21-23-25-27-32(35)37-30-31(29-34)38-33(36)28-26-24-22-19-12-10-8-6-4-2/h6,8,15-16,31,34H,3-5,7,9-14,17-30H2,1-2H3/b8-6+,16-15+/t31-/m0/s1. The Morgan fingerprint density at radius 3 is 1.55 bits per heavy atom. The van der Waals surface area contributed by atoms with E-state index in [1.807, 2.05) is 0 Å². The first kappa shape index (κ1) is 36.4. The zero-order valence-electron chi connectivity index (χ0n) is 24.9. The molecule has 0 radical (unpaired) electrons. The maximum Gasteiger partial charge on any atom is 0.306 e. The first-order chi connectivity index (χ1) is 18.6. The van der Waals surface area contributed by atoms with Gasteiger partial charge in [-0.3, -0.25) is 9.59 Å². The van der Waals surface area contributed by atoms with Crippen LogP contribution in [0.3, 0.4) is 0 Å². The Kier molecular flexibility index (Phi) is 28.7. The molecule has 0 aromatic carbocycles. The fourth-order valence-electron chi connectivity index (χ4n) is 4.31. The summed E-state index contributed by atoms with van der Waals surface area (Å²) in [5, 5.41) is 9.46. The van der Waals surface area contributed by atoms with Crippen LogP contribution in [0.4, 0.5) is 0 Å². The lowest BCUT2D eigenvalue weighted by Gasteiger charge is -2.15. The lowest BCUT2D eigenvalue weighted by Crippen LogP contribution is -2.28. The molecule has 0 aliphatic carbocycles. The maximum absolute atomic E-state index is 12.0. The van der Waals surface area contributed by atoms with Crippen molar-refractivity contribution in [2.24, 2.45) is 0 Å². The Morgan fingerprint density at radius 2 is 1.05 bits per heavy atom. The molecule has 0 spiro atoms. The van der Waals surface area contributed by atoms with Crippen LogP contribution in [-0.2, 0) is 19.1 Å². The molecule has 0 aromatic heterocycles. The Balaban J connectivity index is 3.59. The highest BCUT2D eigenvalue weighted by Gasteiger charge is 2.16. The molecule has 1 N–H and O–H groups in total. The number of hydrogen-bond acceptors (Lipinski definition) is 5. The number of aliphatic hydroxyl groups excluding tert-OH is 1. The van der Waals surface area contributed by atoms with Crippen LogP contribution in [0.1, 0.15) is 155 Å². The van der Waals surface area contributed by atoms with Crippen molar-refractivity contribution in [3.63, 3.8) is 0 Å². The monoisotopic (exact) mass is 536 g/mol. The van der Waals surface area contributed by atoms with Gasteiger partial charge in [0.05, 0.1) is 6.61 Å². The van der Waals surface area contributed by atoms with Crippen molar-refractivity contribution in [1.82, 2.24) is 0 Å². The summed E-state index contributed by atoms with van der Waals surface area (Å²) in [6.45, 7) is 3.99. The van der Waals surface area contributed by atoms with Crippen LogP contribution in [0.15, 0.2) is 24.3 Å². The summed E-state index contributed by atoms with van der Waals surface area (Å²) in [4.78, 5) is 24.0. The minimum absolute atomic E-state index is 0.0720. The highest BCUT2D eigenvalue weighted by atomic mass is 16.6. The number of hydrogen-bond donors (Lipinski definition) is 1. The quantitative estimate of drug-likeness (QED) is 0.0613. The SMILES string of the molecule is CC/C=C/CCCCCCCC(=O)O[C@@H](CO)COC(=O)CCCCCCC/C=C/CCCCCCCC. The van der Waals surface area contributed by atoms with Gasteiger partial charge in [0.2, 0.25) is 0 Å². The van der Waals surface area contributed by atoms with E-state index in [9.17, 15) is 14.7 Å². The maximum atomic E-state index is 12.0. The Morgan fingerprint density at radius 1 is 0.605 bits per heavy atom. The van der Waals surface area contributed by atoms with Crippen LogP contribution in [0, 0.1) is 0 Å². The number of unbranched alkanes of at least 4 members (excludes halogenated alkanes) is 16. The van der Waals surface area contributed by atoms with E-state index in [2.05, 4.69) is 38.2 Å². The molecular formula is C33H60O5. The van der Waals surface area contributed by atoms with Gasteiger partial charge in [0.25, 0.3) is 0 Å². The summed E-state index contributed by atoms with van der Waals surface area (Å²) in [6.07, 6.45) is 32.4. The number of carbonyl (C=O) groups excluding carboxylic acids is 2. The average molecular weight is 537 g/mol. The van der Waals surface area contributed by atoms with Gasteiger partial charge in [-0.2, -0.15) is 0 Å². The molecule has 0 aromatic rings. The third-order valence-electron chi connectivity index (χ3n) is 6.73. The number of aliphatic hydroxyl groups is 1. The van der Waals surface area contributed by atoms with Gasteiger partial charge in [-0.1, -0.05) is 109 Å². The topological polar surface area (TPSA) is 72.8 Å². The number of carbonyl (C=O) groups is 2. The summed E-state index contributed by atoms with van der Waals surface area (Å²) in [6, 6.07) is 0. The van der Waals surface area contributed by atoms with E-state index in [-0.39, 0.29) is 25.2 Å². The van der Waals surface area contributed by atoms with E-state index >= 15 is 0 Å². The highest BCUT2D eigenvalue weighted by molar-refractivity contribution is 5.70. The van der Waals surface area contributed by atoms with Crippen molar-refractivity contribution in [2.75, 3.05) is 13.2 Å². The zero-order chi connectivity index (χ0) is 27.9. The van der Waals surface area contributed by atoms with E-state index in [4.69, 9.17) is 9.47 Å². The number of esters is 2. The molecule has 0 fully saturated rings. The average Bonchev–Trinajstić information content (AvgIpc) is 2.92. The predicted octanol–water partition coefficient (Wildman–Crippen LogP) is 9.17. The molecular weight excluding hydrogens is 476 g/mol. The van der Waals surface area contributed by atoms with Gasteiger partial charge in [-0.05, 0) is 57.8 Å². The van der Waals surface area contributed by atoms with Crippen LogP contribution in [0.5, 0.6) is 0 Å². The summed E-state index contributed by atoms with van der Waals surface area (Å²) < 4.78 is 10.5. The van der Waals surface area contributed by atoms with Crippen molar-refractivity contribution in [3.05, 3.63) is 24.3 Å². The van der Waals surface area contributed by atoms with E-state index in [1.54, 1.807) is 0 Å². The van der Waals surface area contributed by atoms with Gasteiger partial charge in [0.15, 0.2) is 6.10 Å². The molecule has 5 nitrogen and oxygen atoms in total. The van der Waals surface area contributed by atoms with Crippen LogP contribution in [-0.4, -0.2) is 36.4 Å². The van der Waals surface area contributed by atoms with E-state index in [0.29, 0.717) is 12.8 Å². The lowest BCUT2D eigenvalue weighted by molar-refractivity contribution is -0.161. The molecule has 1 atom stereocenters. The van der Waals surface area contributed by atoms with Crippen molar-refractivity contribution < 1.29 is 24.2 Å². The molecule has 0 aliphatic rings. The Bertz CT molecular complexity index is 584. The number of ether oxygens (including phenoxy) is 2. The molecule has 5 heteroatoms. The van der Waals surface area contributed by atoms with Gasteiger partial charge in [-0.25, -0.2) is 0 Å². The Labute approximate surface area is 234 Å². The molecule has 0 aliphatic heterocycles. The largest absolute Gasteiger partial charge is 0.462 e. The molecule has 0 heterocycles. The first-order valence-electron chi connectivity index (χ1n) is 15.9. The molecule has 0 rings (SSSR count). The summed E-state index contributed by atoms with van der Waals surface area (Å²) in [5.41, 5.74) is 0. The van der Waals surface area contributed by atoms with Gasteiger partial charge >= 0.3 is 11.9 Å². The highest BCUT2D eigenvalue weighted by Crippen LogP contribution is 2.11. The molecule has 0 unspecified atom stereocenters. The van der Waals surface area contributed by atoms with Gasteiger partial charge in [0.1, 0.15) is 6.61 Å². The molecule has 0 bridgehead atoms. The first-order valence-corrected chi connectivity index (χ1v) is 15.9. The Hall–Kier alpha value is -1.62. The van der Waals surface area contributed by atoms with Gasteiger partial charge in [0, 0.05) is 12.8 Å². The summed E-state index contributed by atoms with van der Waals surface area (Å²) in [7, 11) is 0. The predicted molar refractivity (Wildman–Crippen MR) is 159 cm³/mol. The zero-order valence-corrected chi connectivity index (χ0v) is 24.9. The van der Waals surface area contributed by atoms with Crippen molar-refractivity contribution in [3.8, 4) is 0 Å². The number of rotatable bonds is 28. The van der Waals surface area contributed by atoms with Crippen molar-refractivity contribution >= 4 is 11.9 Å².